The normalized spacial score (nSPS) is 14.2. The van der Waals surface area contributed by atoms with Gasteiger partial charge in [-0.25, -0.2) is 0 Å². The summed E-state index contributed by atoms with van der Waals surface area (Å²) < 4.78 is 10.2. The van der Waals surface area contributed by atoms with Crippen molar-refractivity contribution in [2.24, 2.45) is 0 Å². The zero-order valence-corrected chi connectivity index (χ0v) is 9.39. The maximum absolute atomic E-state index is 11.6. The third-order valence-electron chi connectivity index (χ3n) is 2.59. The monoisotopic (exact) mass is 242 g/mol. The Balaban J connectivity index is 1.96. The topological polar surface area (TPSA) is 62.2 Å². The minimum Gasteiger partial charge on any atom is -0.443 e. The van der Waals surface area contributed by atoms with Gasteiger partial charge < -0.3 is 9.94 Å². The lowest BCUT2D eigenvalue weighted by atomic mass is 10.2. The summed E-state index contributed by atoms with van der Waals surface area (Å²) in [5.41, 5.74) is 0.985. The fourth-order valence-corrected chi connectivity index (χ4v) is 1.76. The molecule has 0 bridgehead atoms. The number of hydrogen-bond donors (Lipinski definition) is 0. The molecule has 1 heterocycles. The minimum atomic E-state index is -0.211. The van der Waals surface area contributed by atoms with Crippen molar-refractivity contribution in [1.82, 2.24) is 5.16 Å². The van der Waals surface area contributed by atoms with Crippen molar-refractivity contribution in [3.63, 3.8) is 0 Å². The van der Waals surface area contributed by atoms with Gasteiger partial charge in [-0.3, -0.25) is 4.63 Å². The van der Waals surface area contributed by atoms with Crippen molar-refractivity contribution in [2.75, 3.05) is 0 Å². The Morgan fingerprint density at radius 1 is 1.17 bits per heavy atom. The third-order valence-corrected chi connectivity index (χ3v) is 2.59. The van der Waals surface area contributed by atoms with E-state index < -0.39 is 0 Å². The smallest absolute Gasteiger partial charge is 0.403 e. The second kappa shape index (κ2) is 4.37. The van der Waals surface area contributed by atoms with Crippen molar-refractivity contribution in [1.29, 1.82) is 0 Å². The highest BCUT2D eigenvalue weighted by Gasteiger charge is 2.24. The van der Waals surface area contributed by atoms with E-state index in [4.69, 9.17) is 4.74 Å². The maximum Gasteiger partial charge on any atom is 0.403 e. The molecule has 0 fully saturated rings. The summed E-state index contributed by atoms with van der Waals surface area (Å²) in [4.78, 5) is 0.354. The summed E-state index contributed by atoms with van der Waals surface area (Å²) >= 11 is 0. The van der Waals surface area contributed by atoms with Crippen LogP contribution in [-0.4, -0.2) is 11.3 Å². The number of allylic oxidation sites excluding steroid dienone is 2. The first-order valence-corrected chi connectivity index (χ1v) is 5.51. The van der Waals surface area contributed by atoms with Gasteiger partial charge in [-0.1, -0.05) is 42.5 Å². The highest BCUT2D eigenvalue weighted by molar-refractivity contribution is 5.60. The van der Waals surface area contributed by atoms with Gasteiger partial charge in [0.25, 0.3) is 5.69 Å². The molecule has 1 aromatic carbocycles. The van der Waals surface area contributed by atoms with E-state index in [-0.39, 0.29) is 17.7 Å². The van der Waals surface area contributed by atoms with E-state index in [0.29, 0.717) is 10.5 Å². The van der Waals surface area contributed by atoms with Crippen LogP contribution >= 0.6 is 0 Å². The molecule has 0 atom stereocenters. The van der Waals surface area contributed by atoms with Crippen LogP contribution in [-0.2, 0) is 0 Å². The van der Waals surface area contributed by atoms with E-state index >= 15 is 0 Å². The molecule has 5 heteroatoms. The van der Waals surface area contributed by atoms with Crippen molar-refractivity contribution in [2.45, 2.75) is 6.10 Å². The molecule has 0 unspecified atom stereocenters. The summed E-state index contributed by atoms with van der Waals surface area (Å²) in [6.45, 7) is 0. The second-order valence-electron chi connectivity index (χ2n) is 3.80. The van der Waals surface area contributed by atoms with Gasteiger partial charge in [0.15, 0.2) is 0 Å². The van der Waals surface area contributed by atoms with Crippen LogP contribution in [0.25, 0.3) is 11.3 Å². The zero-order chi connectivity index (χ0) is 12.4. The molecular weight excluding hydrogens is 232 g/mol. The van der Waals surface area contributed by atoms with Crippen LogP contribution in [0.5, 0.6) is 5.88 Å². The number of ether oxygens (including phenoxy) is 1. The van der Waals surface area contributed by atoms with Crippen molar-refractivity contribution in [3.8, 4) is 17.1 Å². The fourth-order valence-electron chi connectivity index (χ4n) is 1.76. The van der Waals surface area contributed by atoms with Gasteiger partial charge in [0.05, 0.1) is 5.16 Å². The Bertz CT molecular complexity index is 590. The van der Waals surface area contributed by atoms with Crippen molar-refractivity contribution >= 4 is 0 Å². The molecule has 1 aromatic heterocycles. The molecule has 0 amide bonds. The predicted molar refractivity (Wildman–Crippen MR) is 63.6 cm³/mol. The Labute approximate surface area is 103 Å². The Hall–Kier alpha value is -2.56. The molecule has 3 rings (SSSR count). The number of hydrogen-bond acceptors (Lipinski definition) is 4. The third kappa shape index (κ3) is 1.86. The quantitative estimate of drug-likeness (QED) is 0.770. The zero-order valence-electron chi connectivity index (χ0n) is 9.39. The lowest BCUT2D eigenvalue weighted by molar-refractivity contribution is -0.793. The summed E-state index contributed by atoms with van der Waals surface area (Å²) in [5.74, 6) is 0.192. The number of nitrogens with zero attached hydrogens (tertiary/aromatic N) is 2. The van der Waals surface area contributed by atoms with Gasteiger partial charge in [0.1, 0.15) is 6.10 Å². The highest BCUT2D eigenvalue weighted by atomic mass is 16.8. The number of benzene rings is 1. The van der Waals surface area contributed by atoms with Crippen molar-refractivity contribution in [3.05, 3.63) is 59.8 Å². The average Bonchev–Trinajstić information content (AvgIpc) is 3.02. The molecule has 0 spiro atoms. The lowest BCUT2D eigenvalue weighted by Gasteiger charge is -2.04. The standard InChI is InChI=1S/C13H10N2O3/c16-15-12(10-6-2-1-3-7-10)13(14-18-15)17-11-8-4-5-9-11/h1-9,11H. The molecular formula is C13H10N2O3. The Morgan fingerprint density at radius 3 is 2.61 bits per heavy atom. The predicted octanol–water partition coefficient (Wildman–Crippen LogP) is 1.85. The van der Waals surface area contributed by atoms with Gasteiger partial charge in [0, 0.05) is 5.56 Å². The van der Waals surface area contributed by atoms with Crippen LogP contribution < -0.4 is 9.64 Å². The molecule has 5 nitrogen and oxygen atoms in total. The molecule has 0 saturated heterocycles. The van der Waals surface area contributed by atoms with E-state index in [1.807, 2.05) is 42.5 Å². The molecule has 18 heavy (non-hydrogen) atoms. The largest absolute Gasteiger partial charge is 0.443 e. The second-order valence-corrected chi connectivity index (χ2v) is 3.80. The molecule has 0 saturated carbocycles. The summed E-state index contributed by atoms with van der Waals surface area (Å²) in [7, 11) is 0. The van der Waals surface area contributed by atoms with E-state index in [0.717, 1.165) is 0 Å². The molecule has 90 valence electrons. The number of rotatable bonds is 3. The van der Waals surface area contributed by atoms with E-state index in [2.05, 4.69) is 9.79 Å². The van der Waals surface area contributed by atoms with Crippen LogP contribution in [0, 0.1) is 5.21 Å². The summed E-state index contributed by atoms with van der Waals surface area (Å²) in [6.07, 6.45) is 7.26. The molecule has 2 aromatic rings. The molecule has 0 N–H and O–H groups in total. The number of aromatic nitrogens is 2. The maximum atomic E-state index is 11.6. The molecule has 0 aliphatic heterocycles. The van der Waals surface area contributed by atoms with Gasteiger partial charge in [-0.05, 0) is 17.1 Å². The van der Waals surface area contributed by atoms with Gasteiger partial charge in [-0.2, -0.15) is 0 Å². The van der Waals surface area contributed by atoms with E-state index in [1.165, 1.54) is 0 Å². The van der Waals surface area contributed by atoms with Gasteiger partial charge in [-0.15, -0.1) is 0 Å². The lowest BCUT2D eigenvalue weighted by Crippen LogP contribution is -2.25. The Morgan fingerprint density at radius 2 is 1.89 bits per heavy atom. The molecule has 0 radical (unpaired) electrons. The van der Waals surface area contributed by atoms with Gasteiger partial charge >= 0.3 is 5.88 Å². The van der Waals surface area contributed by atoms with E-state index in [1.54, 1.807) is 12.1 Å². The highest BCUT2D eigenvalue weighted by Crippen LogP contribution is 2.26. The first-order valence-electron chi connectivity index (χ1n) is 5.51. The first-order chi connectivity index (χ1) is 8.84. The van der Waals surface area contributed by atoms with Crippen LogP contribution in [0.4, 0.5) is 0 Å². The van der Waals surface area contributed by atoms with E-state index in [9.17, 15) is 5.21 Å². The first kappa shape index (κ1) is 10.6. The summed E-state index contributed by atoms with van der Waals surface area (Å²) in [5, 5.41) is 15.2. The molecule has 1 aliphatic carbocycles. The van der Waals surface area contributed by atoms with Crippen LogP contribution in [0.2, 0.25) is 0 Å². The Kier molecular flexibility index (Phi) is 2.57. The van der Waals surface area contributed by atoms with Crippen molar-refractivity contribution < 1.29 is 14.3 Å². The summed E-state index contributed by atoms with van der Waals surface area (Å²) in [6, 6.07) is 9.14. The fraction of sp³-hybridized carbons (Fsp3) is 0.0769. The van der Waals surface area contributed by atoms with Crippen LogP contribution in [0.1, 0.15) is 0 Å². The minimum absolute atomic E-state index is 0.192. The molecule has 1 aliphatic rings. The average molecular weight is 242 g/mol. The van der Waals surface area contributed by atoms with Gasteiger partial charge in [0.2, 0.25) is 0 Å². The van der Waals surface area contributed by atoms with Crippen LogP contribution in [0.3, 0.4) is 0 Å². The van der Waals surface area contributed by atoms with Crippen LogP contribution in [0.15, 0.2) is 59.3 Å². The SMILES string of the molecule is [O-][n+]1onc(OC2C=CC=C2)c1-c1ccccc1.